The molecule has 1 aliphatic carbocycles. The van der Waals surface area contributed by atoms with Crippen molar-refractivity contribution in [1.29, 1.82) is 0 Å². The molecule has 94 valence electrons. The zero-order chi connectivity index (χ0) is 12.0. The summed E-state index contributed by atoms with van der Waals surface area (Å²) in [5, 5.41) is 0. The van der Waals surface area contributed by atoms with Crippen molar-refractivity contribution in [3.05, 3.63) is 0 Å². The van der Waals surface area contributed by atoms with Crippen LogP contribution in [-0.2, 0) is 0 Å². The van der Waals surface area contributed by atoms with E-state index in [9.17, 15) is 0 Å². The van der Waals surface area contributed by atoms with E-state index >= 15 is 0 Å². The SMILES string of the molecule is CC1(C)CCC(N)C(N2CCC(C)(C)C2)C1. The molecule has 0 aromatic carbocycles. The lowest BCUT2D eigenvalue weighted by molar-refractivity contribution is 0.0882. The topological polar surface area (TPSA) is 29.3 Å². The summed E-state index contributed by atoms with van der Waals surface area (Å²) in [6.07, 6.45) is 5.11. The molecule has 1 heterocycles. The quantitative estimate of drug-likeness (QED) is 0.742. The monoisotopic (exact) mass is 224 g/mol. The van der Waals surface area contributed by atoms with Gasteiger partial charge in [-0.15, -0.1) is 0 Å². The van der Waals surface area contributed by atoms with Crippen LogP contribution in [0.2, 0.25) is 0 Å². The van der Waals surface area contributed by atoms with Gasteiger partial charge < -0.3 is 5.73 Å². The molecule has 1 aliphatic heterocycles. The Bertz CT molecular complexity index is 257. The van der Waals surface area contributed by atoms with Gasteiger partial charge in [0.2, 0.25) is 0 Å². The average Bonchev–Trinajstić information content (AvgIpc) is 2.50. The lowest BCUT2D eigenvalue weighted by Gasteiger charge is -2.43. The van der Waals surface area contributed by atoms with Crippen LogP contribution in [0.1, 0.15) is 53.4 Å². The first-order chi connectivity index (χ1) is 7.29. The number of hydrogen-bond donors (Lipinski definition) is 1. The van der Waals surface area contributed by atoms with E-state index in [1.807, 2.05) is 0 Å². The maximum Gasteiger partial charge on any atom is 0.0252 e. The molecule has 0 spiro atoms. The normalized spacial score (nSPS) is 38.8. The molecule has 2 fully saturated rings. The number of hydrogen-bond acceptors (Lipinski definition) is 2. The molecule has 2 heteroatoms. The van der Waals surface area contributed by atoms with Crippen LogP contribution in [0, 0.1) is 10.8 Å². The third-order valence-electron chi connectivity index (χ3n) is 4.59. The zero-order valence-corrected chi connectivity index (χ0v) is 11.4. The molecular formula is C14H28N2. The Kier molecular flexibility index (Phi) is 3.09. The van der Waals surface area contributed by atoms with Gasteiger partial charge >= 0.3 is 0 Å². The Morgan fingerprint density at radius 3 is 2.31 bits per heavy atom. The van der Waals surface area contributed by atoms with Crippen molar-refractivity contribution < 1.29 is 0 Å². The highest BCUT2D eigenvalue weighted by Crippen LogP contribution is 2.40. The highest BCUT2D eigenvalue weighted by Gasteiger charge is 2.40. The molecule has 0 radical (unpaired) electrons. The smallest absolute Gasteiger partial charge is 0.0252 e. The average molecular weight is 224 g/mol. The standard InChI is InChI=1S/C14H28N2/c1-13(2)6-5-11(15)12(9-13)16-8-7-14(3,4)10-16/h11-12H,5-10,15H2,1-4H3. The molecule has 2 atom stereocenters. The fourth-order valence-corrected chi connectivity index (χ4v) is 3.41. The van der Waals surface area contributed by atoms with Gasteiger partial charge in [0, 0.05) is 18.6 Å². The molecule has 2 N–H and O–H groups in total. The largest absolute Gasteiger partial charge is 0.326 e. The first-order valence-corrected chi connectivity index (χ1v) is 6.79. The molecule has 2 nitrogen and oxygen atoms in total. The summed E-state index contributed by atoms with van der Waals surface area (Å²) in [6.45, 7) is 12.0. The van der Waals surface area contributed by atoms with Crippen LogP contribution in [0.3, 0.4) is 0 Å². The molecular weight excluding hydrogens is 196 g/mol. The zero-order valence-electron chi connectivity index (χ0n) is 11.4. The van der Waals surface area contributed by atoms with Crippen LogP contribution in [0.25, 0.3) is 0 Å². The predicted molar refractivity (Wildman–Crippen MR) is 69.4 cm³/mol. The van der Waals surface area contributed by atoms with Crippen molar-refractivity contribution in [1.82, 2.24) is 4.90 Å². The molecule has 2 aliphatic rings. The molecule has 0 aromatic rings. The third kappa shape index (κ3) is 2.60. The van der Waals surface area contributed by atoms with Gasteiger partial charge in [-0.1, -0.05) is 27.7 Å². The molecule has 1 saturated heterocycles. The minimum Gasteiger partial charge on any atom is -0.326 e. The molecule has 16 heavy (non-hydrogen) atoms. The van der Waals surface area contributed by atoms with Gasteiger partial charge in [0.1, 0.15) is 0 Å². The van der Waals surface area contributed by atoms with Gasteiger partial charge in [-0.05, 0) is 43.1 Å². The van der Waals surface area contributed by atoms with Gasteiger partial charge in [-0.25, -0.2) is 0 Å². The molecule has 2 rings (SSSR count). The van der Waals surface area contributed by atoms with Gasteiger partial charge in [0.05, 0.1) is 0 Å². The van der Waals surface area contributed by atoms with Crippen molar-refractivity contribution >= 4 is 0 Å². The van der Waals surface area contributed by atoms with Crippen LogP contribution in [0.15, 0.2) is 0 Å². The van der Waals surface area contributed by atoms with E-state index in [1.54, 1.807) is 0 Å². The minimum absolute atomic E-state index is 0.405. The van der Waals surface area contributed by atoms with Crippen molar-refractivity contribution in [3.8, 4) is 0 Å². The lowest BCUT2D eigenvalue weighted by Crippen LogP contribution is -2.52. The maximum atomic E-state index is 6.33. The first kappa shape index (κ1) is 12.4. The molecule has 2 unspecified atom stereocenters. The number of likely N-dealkylation sites (tertiary alicyclic amines) is 1. The molecule has 0 amide bonds. The number of nitrogens with two attached hydrogens (primary N) is 1. The highest BCUT2D eigenvalue weighted by atomic mass is 15.2. The van der Waals surface area contributed by atoms with Crippen molar-refractivity contribution in [3.63, 3.8) is 0 Å². The summed E-state index contributed by atoms with van der Waals surface area (Å²) >= 11 is 0. The van der Waals surface area contributed by atoms with E-state index in [0.29, 0.717) is 22.9 Å². The maximum absolute atomic E-state index is 6.33. The minimum atomic E-state index is 0.405. The Balaban J connectivity index is 2.03. The van der Waals surface area contributed by atoms with Gasteiger partial charge in [-0.3, -0.25) is 4.90 Å². The van der Waals surface area contributed by atoms with Crippen molar-refractivity contribution in [2.45, 2.75) is 65.5 Å². The molecule has 0 aromatic heterocycles. The Hall–Kier alpha value is -0.0800. The van der Waals surface area contributed by atoms with Crippen LogP contribution >= 0.6 is 0 Å². The second-order valence-corrected chi connectivity index (χ2v) is 7.52. The van der Waals surface area contributed by atoms with E-state index in [4.69, 9.17) is 5.73 Å². The van der Waals surface area contributed by atoms with E-state index in [1.165, 1.54) is 38.8 Å². The lowest BCUT2D eigenvalue weighted by atomic mass is 9.72. The van der Waals surface area contributed by atoms with Crippen LogP contribution < -0.4 is 5.73 Å². The van der Waals surface area contributed by atoms with E-state index < -0.39 is 0 Å². The van der Waals surface area contributed by atoms with E-state index in [2.05, 4.69) is 32.6 Å². The van der Waals surface area contributed by atoms with Gasteiger partial charge in [0.15, 0.2) is 0 Å². The van der Waals surface area contributed by atoms with Crippen molar-refractivity contribution in [2.75, 3.05) is 13.1 Å². The van der Waals surface area contributed by atoms with Crippen LogP contribution in [-0.4, -0.2) is 30.1 Å². The van der Waals surface area contributed by atoms with E-state index in [-0.39, 0.29) is 0 Å². The van der Waals surface area contributed by atoms with Crippen molar-refractivity contribution in [2.24, 2.45) is 16.6 Å². The highest BCUT2D eigenvalue weighted by molar-refractivity contribution is 4.96. The number of rotatable bonds is 1. The third-order valence-corrected chi connectivity index (χ3v) is 4.59. The summed E-state index contributed by atoms with van der Waals surface area (Å²) in [4.78, 5) is 2.66. The summed E-state index contributed by atoms with van der Waals surface area (Å²) in [7, 11) is 0. The Morgan fingerprint density at radius 1 is 1.06 bits per heavy atom. The van der Waals surface area contributed by atoms with Gasteiger partial charge in [-0.2, -0.15) is 0 Å². The Morgan fingerprint density at radius 2 is 1.75 bits per heavy atom. The summed E-state index contributed by atoms with van der Waals surface area (Å²) < 4.78 is 0. The summed E-state index contributed by atoms with van der Waals surface area (Å²) in [5.41, 5.74) is 7.32. The fourth-order valence-electron chi connectivity index (χ4n) is 3.41. The Labute approximate surface area is 101 Å². The summed E-state index contributed by atoms with van der Waals surface area (Å²) in [6, 6.07) is 1.03. The molecule has 1 saturated carbocycles. The summed E-state index contributed by atoms with van der Waals surface area (Å²) in [5.74, 6) is 0. The second kappa shape index (κ2) is 3.99. The fraction of sp³-hybridized carbons (Fsp3) is 1.00. The molecule has 0 bridgehead atoms. The predicted octanol–water partition coefficient (Wildman–Crippen LogP) is 2.62. The first-order valence-electron chi connectivity index (χ1n) is 6.79. The van der Waals surface area contributed by atoms with Crippen LogP contribution in [0.4, 0.5) is 0 Å². The second-order valence-electron chi connectivity index (χ2n) is 7.52. The van der Waals surface area contributed by atoms with E-state index in [0.717, 1.165) is 0 Å². The van der Waals surface area contributed by atoms with Gasteiger partial charge in [0.25, 0.3) is 0 Å². The number of nitrogens with zero attached hydrogens (tertiary/aromatic N) is 1. The van der Waals surface area contributed by atoms with Crippen LogP contribution in [0.5, 0.6) is 0 Å².